The van der Waals surface area contributed by atoms with Gasteiger partial charge in [-0.15, -0.1) is 0 Å². The van der Waals surface area contributed by atoms with Gasteiger partial charge < -0.3 is 15.4 Å². The van der Waals surface area contributed by atoms with Crippen LogP contribution >= 0.6 is 0 Å². The summed E-state index contributed by atoms with van der Waals surface area (Å²) in [4.78, 5) is 12.6. The molecule has 0 aromatic heterocycles. The van der Waals surface area contributed by atoms with Gasteiger partial charge in [0.15, 0.2) is 0 Å². The van der Waals surface area contributed by atoms with Gasteiger partial charge in [-0.25, -0.2) is 0 Å². The van der Waals surface area contributed by atoms with Crippen molar-refractivity contribution in [2.45, 2.75) is 32.3 Å². The average molecular weight is 350 g/mol. The highest BCUT2D eigenvalue weighted by atomic mass is 16.5. The topological polar surface area (TPSA) is 50.4 Å². The van der Waals surface area contributed by atoms with Crippen LogP contribution in [0, 0.1) is 5.92 Å². The Morgan fingerprint density at radius 1 is 1.15 bits per heavy atom. The number of rotatable bonds is 4. The molecule has 0 saturated heterocycles. The minimum absolute atomic E-state index is 0.0480. The molecule has 4 nitrogen and oxygen atoms in total. The molecule has 2 N–H and O–H groups in total. The fraction of sp³-hybridized carbons (Fsp3) is 0.409. The molecule has 4 heteroatoms. The molecule has 0 fully saturated rings. The average Bonchev–Trinajstić information content (AvgIpc) is 2.90. The van der Waals surface area contributed by atoms with Gasteiger partial charge in [0.25, 0.3) is 0 Å². The zero-order chi connectivity index (χ0) is 17.8. The lowest BCUT2D eigenvalue weighted by Gasteiger charge is -2.18. The predicted molar refractivity (Wildman–Crippen MR) is 103 cm³/mol. The zero-order valence-electron chi connectivity index (χ0n) is 15.1. The molecule has 0 aliphatic carbocycles. The number of ether oxygens (including phenoxy) is 1. The number of hydrogen-bond acceptors (Lipinski definition) is 3. The van der Waals surface area contributed by atoms with Crippen molar-refractivity contribution in [1.82, 2.24) is 5.32 Å². The molecule has 2 aliphatic rings. The van der Waals surface area contributed by atoms with Crippen molar-refractivity contribution in [2.75, 3.05) is 25.0 Å². The van der Waals surface area contributed by atoms with E-state index in [9.17, 15) is 4.79 Å². The van der Waals surface area contributed by atoms with E-state index in [0.717, 1.165) is 45.4 Å². The summed E-state index contributed by atoms with van der Waals surface area (Å²) in [6.07, 6.45) is 3.55. The number of nitrogens with one attached hydrogen (secondary N) is 2. The van der Waals surface area contributed by atoms with Gasteiger partial charge >= 0.3 is 0 Å². The monoisotopic (exact) mass is 350 g/mol. The summed E-state index contributed by atoms with van der Waals surface area (Å²) < 4.78 is 5.49. The van der Waals surface area contributed by atoms with Crippen molar-refractivity contribution in [1.29, 1.82) is 0 Å². The summed E-state index contributed by atoms with van der Waals surface area (Å²) in [7, 11) is 0. The van der Waals surface area contributed by atoms with E-state index in [0.29, 0.717) is 6.54 Å². The maximum atomic E-state index is 12.6. The van der Waals surface area contributed by atoms with Gasteiger partial charge in [-0.3, -0.25) is 4.79 Å². The van der Waals surface area contributed by atoms with Crippen molar-refractivity contribution in [3.8, 4) is 0 Å². The van der Waals surface area contributed by atoms with Crippen LogP contribution in [-0.2, 0) is 35.4 Å². The summed E-state index contributed by atoms with van der Waals surface area (Å²) >= 11 is 0. The van der Waals surface area contributed by atoms with Crippen LogP contribution in [0.2, 0.25) is 0 Å². The molecule has 0 bridgehead atoms. The van der Waals surface area contributed by atoms with Crippen LogP contribution in [0.5, 0.6) is 0 Å². The van der Waals surface area contributed by atoms with Crippen LogP contribution < -0.4 is 10.6 Å². The Morgan fingerprint density at radius 2 is 2.08 bits per heavy atom. The Balaban J connectivity index is 1.31. The summed E-state index contributed by atoms with van der Waals surface area (Å²) in [5, 5.41) is 6.58. The molecular weight excluding hydrogens is 324 g/mol. The lowest BCUT2D eigenvalue weighted by Crippen LogP contribution is -2.33. The van der Waals surface area contributed by atoms with Crippen LogP contribution in [0.25, 0.3) is 0 Å². The minimum atomic E-state index is 0.0480. The van der Waals surface area contributed by atoms with Gasteiger partial charge in [0.05, 0.1) is 13.2 Å². The molecule has 2 heterocycles. The summed E-state index contributed by atoms with van der Waals surface area (Å²) in [5.41, 5.74) is 6.39. The maximum absolute atomic E-state index is 12.6. The first-order chi connectivity index (χ1) is 12.8. The van der Waals surface area contributed by atoms with E-state index in [-0.39, 0.29) is 11.8 Å². The van der Waals surface area contributed by atoms with E-state index in [2.05, 4.69) is 41.0 Å². The molecule has 2 aromatic carbocycles. The van der Waals surface area contributed by atoms with Gasteiger partial charge in [0.1, 0.15) is 0 Å². The SMILES string of the molecule is O=C(NCCc1ccc2c(c1)CCOC2)C1CCNc2ccccc2C1. The molecule has 0 radical (unpaired) electrons. The Morgan fingerprint density at radius 3 is 3.04 bits per heavy atom. The Labute approximate surface area is 155 Å². The zero-order valence-corrected chi connectivity index (χ0v) is 15.1. The second kappa shape index (κ2) is 7.92. The Bertz CT molecular complexity index is 787. The summed E-state index contributed by atoms with van der Waals surface area (Å²) in [6.45, 7) is 3.08. The largest absolute Gasteiger partial charge is 0.385 e. The number of benzene rings is 2. The smallest absolute Gasteiger partial charge is 0.223 e. The standard InChI is InChI=1S/C22H26N2O2/c25-22(19-8-11-23-21-4-2-1-3-18(21)14-19)24-10-7-16-5-6-20-15-26-12-9-17(20)13-16/h1-6,13,19,23H,7-12,14-15H2,(H,24,25). The quantitative estimate of drug-likeness (QED) is 0.891. The molecule has 2 aromatic rings. The fourth-order valence-electron chi connectivity index (χ4n) is 3.89. The molecule has 1 unspecified atom stereocenters. The second-order valence-corrected chi connectivity index (χ2v) is 7.22. The van der Waals surface area contributed by atoms with E-state index >= 15 is 0 Å². The van der Waals surface area contributed by atoms with Gasteiger partial charge in [-0.05, 0) is 54.0 Å². The lowest BCUT2D eigenvalue weighted by molar-refractivity contribution is -0.125. The molecule has 0 spiro atoms. The van der Waals surface area contributed by atoms with E-state index < -0.39 is 0 Å². The van der Waals surface area contributed by atoms with Gasteiger partial charge in [0.2, 0.25) is 5.91 Å². The molecule has 0 saturated carbocycles. The molecule has 26 heavy (non-hydrogen) atoms. The van der Waals surface area contributed by atoms with Gasteiger partial charge in [-0.1, -0.05) is 36.4 Å². The third-order valence-corrected chi connectivity index (χ3v) is 5.42. The van der Waals surface area contributed by atoms with Crippen LogP contribution in [0.1, 0.15) is 28.7 Å². The third-order valence-electron chi connectivity index (χ3n) is 5.42. The third kappa shape index (κ3) is 3.91. The van der Waals surface area contributed by atoms with Crippen LogP contribution in [-0.4, -0.2) is 25.6 Å². The predicted octanol–water partition coefficient (Wildman–Crippen LogP) is 3.09. The highest BCUT2D eigenvalue weighted by Crippen LogP contribution is 2.24. The number of amides is 1. The first-order valence-corrected chi connectivity index (χ1v) is 9.57. The molecule has 2 aliphatic heterocycles. The Hall–Kier alpha value is -2.33. The van der Waals surface area contributed by atoms with Crippen molar-refractivity contribution >= 4 is 11.6 Å². The summed E-state index contributed by atoms with van der Waals surface area (Å²) in [6, 6.07) is 14.9. The van der Waals surface area contributed by atoms with Crippen molar-refractivity contribution in [2.24, 2.45) is 5.92 Å². The number of anilines is 1. The number of hydrogen-bond donors (Lipinski definition) is 2. The maximum Gasteiger partial charge on any atom is 0.223 e. The number of fused-ring (bicyclic) bond motifs is 2. The Kier molecular flexibility index (Phi) is 5.21. The fourth-order valence-corrected chi connectivity index (χ4v) is 3.89. The van der Waals surface area contributed by atoms with Crippen molar-refractivity contribution in [3.05, 3.63) is 64.7 Å². The minimum Gasteiger partial charge on any atom is -0.385 e. The molecule has 1 atom stereocenters. The molecular formula is C22H26N2O2. The van der Waals surface area contributed by atoms with Crippen molar-refractivity contribution < 1.29 is 9.53 Å². The van der Waals surface area contributed by atoms with E-state index in [1.807, 2.05) is 12.1 Å². The number of carbonyl (C=O) groups excluding carboxylic acids is 1. The normalized spacial score (nSPS) is 18.8. The van der Waals surface area contributed by atoms with Crippen LogP contribution in [0.15, 0.2) is 42.5 Å². The van der Waals surface area contributed by atoms with Crippen molar-refractivity contribution in [3.63, 3.8) is 0 Å². The van der Waals surface area contributed by atoms with Gasteiger partial charge in [0, 0.05) is 24.7 Å². The number of para-hydroxylation sites is 1. The highest BCUT2D eigenvalue weighted by Gasteiger charge is 2.22. The first-order valence-electron chi connectivity index (χ1n) is 9.57. The molecule has 1 amide bonds. The summed E-state index contributed by atoms with van der Waals surface area (Å²) in [5.74, 6) is 0.224. The molecule has 4 rings (SSSR count). The van der Waals surface area contributed by atoms with Gasteiger partial charge in [-0.2, -0.15) is 0 Å². The lowest BCUT2D eigenvalue weighted by atomic mass is 9.96. The second-order valence-electron chi connectivity index (χ2n) is 7.22. The first kappa shape index (κ1) is 17.1. The van der Waals surface area contributed by atoms with E-state index in [1.165, 1.54) is 27.9 Å². The van der Waals surface area contributed by atoms with E-state index in [4.69, 9.17) is 4.74 Å². The van der Waals surface area contributed by atoms with E-state index in [1.54, 1.807) is 0 Å². The highest BCUT2D eigenvalue weighted by molar-refractivity contribution is 5.79. The van der Waals surface area contributed by atoms with Crippen LogP contribution in [0.4, 0.5) is 5.69 Å². The molecule has 136 valence electrons. The number of carbonyl (C=O) groups is 1. The van der Waals surface area contributed by atoms with Crippen LogP contribution in [0.3, 0.4) is 0 Å².